The van der Waals surface area contributed by atoms with E-state index in [4.69, 9.17) is 9.94 Å². The molecule has 0 saturated carbocycles. The summed E-state index contributed by atoms with van der Waals surface area (Å²) in [6, 6.07) is 12.2. The van der Waals surface area contributed by atoms with Crippen molar-refractivity contribution in [3.8, 4) is 5.75 Å². The molecule has 0 aliphatic heterocycles. The number of benzene rings is 2. The predicted molar refractivity (Wildman–Crippen MR) is 69.1 cm³/mol. The molecule has 17 heavy (non-hydrogen) atoms. The maximum Gasteiger partial charge on any atom is 0.119 e. The second kappa shape index (κ2) is 4.87. The number of ether oxygens (including phenoxy) is 1. The summed E-state index contributed by atoms with van der Waals surface area (Å²) in [6.07, 6.45) is 0.665. The van der Waals surface area contributed by atoms with Crippen molar-refractivity contribution in [1.29, 1.82) is 0 Å². The summed E-state index contributed by atoms with van der Waals surface area (Å²) in [5, 5.41) is 14.1. The van der Waals surface area contributed by atoms with Crippen LogP contribution in [-0.4, -0.2) is 18.0 Å². The van der Waals surface area contributed by atoms with Crippen LogP contribution in [0.1, 0.15) is 12.5 Å². The van der Waals surface area contributed by atoms with E-state index in [9.17, 15) is 0 Å². The van der Waals surface area contributed by atoms with E-state index >= 15 is 0 Å². The monoisotopic (exact) mass is 229 g/mol. The molecule has 2 aromatic rings. The van der Waals surface area contributed by atoms with E-state index in [-0.39, 0.29) is 0 Å². The summed E-state index contributed by atoms with van der Waals surface area (Å²) < 4.78 is 5.18. The molecule has 3 heteroatoms. The van der Waals surface area contributed by atoms with Gasteiger partial charge in [-0.05, 0) is 35.4 Å². The van der Waals surface area contributed by atoms with Crippen LogP contribution in [0.15, 0.2) is 41.6 Å². The second-order valence-electron chi connectivity index (χ2n) is 4.06. The van der Waals surface area contributed by atoms with Gasteiger partial charge in [0.2, 0.25) is 0 Å². The van der Waals surface area contributed by atoms with Crippen molar-refractivity contribution < 1.29 is 9.94 Å². The highest BCUT2D eigenvalue weighted by molar-refractivity contribution is 5.87. The molecule has 0 atom stereocenters. The quantitative estimate of drug-likeness (QED) is 0.498. The number of hydrogen-bond acceptors (Lipinski definition) is 3. The Morgan fingerprint density at radius 2 is 1.88 bits per heavy atom. The second-order valence-corrected chi connectivity index (χ2v) is 4.06. The third-order valence-electron chi connectivity index (χ3n) is 2.74. The molecular formula is C14H15NO2. The summed E-state index contributed by atoms with van der Waals surface area (Å²) in [4.78, 5) is 0. The summed E-state index contributed by atoms with van der Waals surface area (Å²) in [5.41, 5.74) is 1.84. The van der Waals surface area contributed by atoms with E-state index in [1.54, 1.807) is 14.0 Å². The van der Waals surface area contributed by atoms with Gasteiger partial charge in [-0.15, -0.1) is 0 Å². The zero-order valence-corrected chi connectivity index (χ0v) is 9.97. The lowest BCUT2D eigenvalue weighted by Gasteiger charge is -2.05. The van der Waals surface area contributed by atoms with Crippen molar-refractivity contribution >= 4 is 16.5 Å². The van der Waals surface area contributed by atoms with Crippen molar-refractivity contribution in [3.05, 3.63) is 42.0 Å². The Morgan fingerprint density at radius 3 is 2.59 bits per heavy atom. The first kappa shape index (κ1) is 11.5. The molecule has 0 aliphatic carbocycles. The summed E-state index contributed by atoms with van der Waals surface area (Å²) in [6.45, 7) is 1.80. The van der Waals surface area contributed by atoms with Gasteiger partial charge in [0.1, 0.15) is 5.75 Å². The molecule has 0 unspecified atom stereocenters. The molecule has 0 radical (unpaired) electrons. The van der Waals surface area contributed by atoms with Crippen LogP contribution < -0.4 is 4.74 Å². The lowest BCUT2D eigenvalue weighted by atomic mass is 10.0. The molecule has 0 heterocycles. The van der Waals surface area contributed by atoms with Gasteiger partial charge < -0.3 is 9.94 Å². The fourth-order valence-electron chi connectivity index (χ4n) is 1.84. The maximum absolute atomic E-state index is 8.65. The summed E-state index contributed by atoms with van der Waals surface area (Å²) >= 11 is 0. The van der Waals surface area contributed by atoms with E-state index in [1.165, 1.54) is 0 Å². The molecular weight excluding hydrogens is 214 g/mol. The van der Waals surface area contributed by atoms with Gasteiger partial charge in [0.15, 0.2) is 0 Å². The Morgan fingerprint density at radius 1 is 1.18 bits per heavy atom. The maximum atomic E-state index is 8.65. The van der Waals surface area contributed by atoms with Crippen molar-refractivity contribution in [2.75, 3.05) is 7.11 Å². The van der Waals surface area contributed by atoms with Gasteiger partial charge in [-0.3, -0.25) is 0 Å². The van der Waals surface area contributed by atoms with Crippen molar-refractivity contribution in [3.63, 3.8) is 0 Å². The van der Waals surface area contributed by atoms with Crippen molar-refractivity contribution in [2.45, 2.75) is 13.3 Å². The lowest BCUT2D eigenvalue weighted by molar-refractivity contribution is 0.317. The minimum Gasteiger partial charge on any atom is -0.497 e. The van der Waals surface area contributed by atoms with Gasteiger partial charge in [0, 0.05) is 6.42 Å². The fourth-order valence-corrected chi connectivity index (χ4v) is 1.84. The van der Waals surface area contributed by atoms with Gasteiger partial charge >= 0.3 is 0 Å². The van der Waals surface area contributed by atoms with Crippen LogP contribution in [-0.2, 0) is 6.42 Å². The molecule has 0 amide bonds. The highest BCUT2D eigenvalue weighted by Gasteiger charge is 2.00. The standard InChI is InChI=1S/C14H15NO2/c1-10(15-16)7-11-3-4-13-9-14(17-2)6-5-12(13)8-11/h3-6,8-9,16H,7H2,1-2H3. The Kier molecular flexibility index (Phi) is 3.28. The van der Waals surface area contributed by atoms with Crippen LogP contribution in [0.3, 0.4) is 0 Å². The number of hydrogen-bond donors (Lipinski definition) is 1. The van der Waals surface area contributed by atoms with Gasteiger partial charge in [0.25, 0.3) is 0 Å². The zero-order chi connectivity index (χ0) is 12.3. The topological polar surface area (TPSA) is 41.8 Å². The molecule has 2 rings (SSSR count). The van der Waals surface area contributed by atoms with Gasteiger partial charge in [0.05, 0.1) is 12.8 Å². The number of fused-ring (bicyclic) bond motifs is 1. The third kappa shape index (κ3) is 2.56. The van der Waals surface area contributed by atoms with E-state index in [2.05, 4.69) is 17.3 Å². The lowest BCUT2D eigenvalue weighted by Crippen LogP contribution is -1.97. The van der Waals surface area contributed by atoms with E-state index in [1.807, 2.05) is 24.3 Å². The van der Waals surface area contributed by atoms with Crippen molar-refractivity contribution in [1.82, 2.24) is 0 Å². The van der Waals surface area contributed by atoms with Crippen LogP contribution in [0, 0.1) is 0 Å². The van der Waals surface area contributed by atoms with Gasteiger partial charge in [-0.25, -0.2) is 0 Å². The Bertz CT molecular complexity index is 561. The summed E-state index contributed by atoms with van der Waals surface area (Å²) in [5.74, 6) is 0.860. The average molecular weight is 229 g/mol. The minimum absolute atomic E-state index is 0.665. The molecule has 2 aromatic carbocycles. The first-order valence-corrected chi connectivity index (χ1v) is 5.47. The van der Waals surface area contributed by atoms with Gasteiger partial charge in [-0.2, -0.15) is 0 Å². The number of oxime groups is 1. The SMILES string of the molecule is COc1ccc2cc(CC(C)=NO)ccc2c1. The fraction of sp³-hybridized carbons (Fsp3) is 0.214. The molecule has 88 valence electrons. The average Bonchev–Trinajstić information content (AvgIpc) is 2.38. The van der Waals surface area contributed by atoms with E-state index in [0.29, 0.717) is 12.1 Å². The smallest absolute Gasteiger partial charge is 0.119 e. The zero-order valence-electron chi connectivity index (χ0n) is 9.97. The van der Waals surface area contributed by atoms with E-state index in [0.717, 1.165) is 22.1 Å². The Labute approximate surface area is 100 Å². The molecule has 3 nitrogen and oxygen atoms in total. The van der Waals surface area contributed by atoms with Crippen LogP contribution in [0.25, 0.3) is 10.8 Å². The van der Waals surface area contributed by atoms with Crippen LogP contribution in [0.2, 0.25) is 0 Å². The van der Waals surface area contributed by atoms with Crippen LogP contribution >= 0.6 is 0 Å². The third-order valence-corrected chi connectivity index (χ3v) is 2.74. The minimum atomic E-state index is 0.665. The first-order valence-electron chi connectivity index (χ1n) is 5.47. The number of nitrogens with zero attached hydrogens (tertiary/aromatic N) is 1. The molecule has 0 aliphatic rings. The van der Waals surface area contributed by atoms with Crippen LogP contribution in [0.5, 0.6) is 5.75 Å². The number of rotatable bonds is 3. The highest BCUT2D eigenvalue weighted by Crippen LogP contribution is 2.22. The first-order chi connectivity index (χ1) is 8.22. The number of methoxy groups -OCH3 is 1. The molecule has 1 N–H and O–H groups in total. The molecule has 0 spiro atoms. The molecule has 0 fully saturated rings. The highest BCUT2D eigenvalue weighted by atomic mass is 16.5. The van der Waals surface area contributed by atoms with Gasteiger partial charge in [-0.1, -0.05) is 29.4 Å². The van der Waals surface area contributed by atoms with E-state index < -0.39 is 0 Å². The molecule has 0 aromatic heterocycles. The van der Waals surface area contributed by atoms with Crippen molar-refractivity contribution in [2.24, 2.45) is 5.16 Å². The summed E-state index contributed by atoms with van der Waals surface area (Å²) in [7, 11) is 1.66. The van der Waals surface area contributed by atoms with Crippen LogP contribution in [0.4, 0.5) is 0 Å². The normalized spacial score (nSPS) is 11.8. The largest absolute Gasteiger partial charge is 0.497 e. The predicted octanol–water partition coefficient (Wildman–Crippen LogP) is 3.24. The Hall–Kier alpha value is -2.03. The Balaban J connectivity index is 2.38. The molecule has 0 bridgehead atoms. The molecule has 0 saturated heterocycles.